The zero-order valence-electron chi connectivity index (χ0n) is 11.3. The number of halogens is 1. The fourth-order valence-electron chi connectivity index (χ4n) is 2.21. The fourth-order valence-corrected chi connectivity index (χ4v) is 2.44. The summed E-state index contributed by atoms with van der Waals surface area (Å²) in [6, 6.07) is 11.7. The number of amides is 2. The molecule has 0 bridgehead atoms. The van der Waals surface area contributed by atoms with Crippen molar-refractivity contribution < 1.29 is 4.79 Å². The van der Waals surface area contributed by atoms with Crippen LogP contribution >= 0.6 is 15.9 Å². The van der Waals surface area contributed by atoms with Gasteiger partial charge in [-0.25, -0.2) is 4.79 Å². The van der Waals surface area contributed by atoms with Gasteiger partial charge in [-0.05, 0) is 46.3 Å². The molecule has 1 fully saturated rings. The van der Waals surface area contributed by atoms with E-state index < -0.39 is 0 Å². The number of carbonyl (C=O) groups excluding carboxylic acids is 1. The molecule has 0 saturated carbocycles. The van der Waals surface area contributed by atoms with E-state index in [1.807, 2.05) is 36.4 Å². The van der Waals surface area contributed by atoms with Gasteiger partial charge in [0.15, 0.2) is 0 Å². The Bertz CT molecular complexity index is 644. The summed E-state index contributed by atoms with van der Waals surface area (Å²) < 4.78 is 0.966. The Labute approximate surface area is 131 Å². The van der Waals surface area contributed by atoms with Crippen LogP contribution in [0, 0.1) is 0 Å². The van der Waals surface area contributed by atoms with Gasteiger partial charge in [0.05, 0.1) is 12.2 Å². The van der Waals surface area contributed by atoms with E-state index in [1.54, 1.807) is 11.1 Å². The number of hydrogen-bond acceptors (Lipinski definition) is 3. The maximum absolute atomic E-state index is 11.7. The van der Waals surface area contributed by atoms with Gasteiger partial charge in [0.2, 0.25) is 0 Å². The Kier molecular flexibility index (Phi) is 4.06. The van der Waals surface area contributed by atoms with Crippen LogP contribution in [0.2, 0.25) is 0 Å². The minimum Gasteiger partial charge on any atom is -0.379 e. The number of pyridine rings is 1. The number of carbonyl (C=O) groups is 1. The van der Waals surface area contributed by atoms with Gasteiger partial charge in [-0.2, -0.15) is 0 Å². The summed E-state index contributed by atoms with van der Waals surface area (Å²) in [6.07, 6.45) is 1.78. The van der Waals surface area contributed by atoms with Crippen LogP contribution in [0.15, 0.2) is 47.1 Å². The van der Waals surface area contributed by atoms with Crippen molar-refractivity contribution in [1.29, 1.82) is 0 Å². The van der Waals surface area contributed by atoms with Crippen LogP contribution in [0.4, 0.5) is 16.2 Å². The first-order valence-electron chi connectivity index (χ1n) is 6.72. The fraction of sp³-hybridized carbons (Fsp3) is 0.200. The average molecular weight is 347 g/mol. The van der Waals surface area contributed by atoms with E-state index in [9.17, 15) is 4.79 Å². The predicted molar refractivity (Wildman–Crippen MR) is 86.5 cm³/mol. The molecule has 1 aromatic carbocycles. The van der Waals surface area contributed by atoms with Crippen LogP contribution in [0.5, 0.6) is 0 Å². The summed E-state index contributed by atoms with van der Waals surface area (Å²) in [4.78, 5) is 17.7. The lowest BCUT2D eigenvalue weighted by molar-refractivity contribution is 0.252. The van der Waals surface area contributed by atoms with Crippen LogP contribution in [-0.4, -0.2) is 24.1 Å². The number of nitrogens with zero attached hydrogens (tertiary/aromatic N) is 2. The summed E-state index contributed by atoms with van der Waals surface area (Å²) >= 11 is 3.37. The molecule has 0 spiro atoms. The monoisotopic (exact) mass is 346 g/mol. The highest BCUT2D eigenvalue weighted by atomic mass is 79.9. The lowest BCUT2D eigenvalue weighted by Crippen LogP contribution is -2.27. The van der Waals surface area contributed by atoms with Gasteiger partial charge < -0.3 is 10.6 Å². The summed E-state index contributed by atoms with van der Waals surface area (Å²) in [5.41, 5.74) is 2.83. The molecule has 2 N–H and O–H groups in total. The molecule has 1 aliphatic heterocycles. The molecule has 21 heavy (non-hydrogen) atoms. The Hall–Kier alpha value is -2.08. The Morgan fingerprint density at radius 2 is 2.24 bits per heavy atom. The van der Waals surface area contributed by atoms with E-state index in [1.165, 1.54) is 0 Å². The molecule has 0 aliphatic carbocycles. The van der Waals surface area contributed by atoms with Gasteiger partial charge in [-0.15, -0.1) is 0 Å². The second kappa shape index (κ2) is 6.13. The summed E-state index contributed by atoms with van der Waals surface area (Å²) in [6.45, 7) is 2.04. The SMILES string of the molecule is O=C1NCCN1c1cccc(NCc2ccc(Br)cn2)c1. The maximum Gasteiger partial charge on any atom is 0.321 e. The Morgan fingerprint density at radius 3 is 2.95 bits per heavy atom. The zero-order valence-corrected chi connectivity index (χ0v) is 12.9. The van der Waals surface area contributed by atoms with Crippen LogP contribution in [0.25, 0.3) is 0 Å². The van der Waals surface area contributed by atoms with Gasteiger partial charge in [-0.3, -0.25) is 9.88 Å². The van der Waals surface area contributed by atoms with E-state index in [0.717, 1.165) is 21.5 Å². The first kappa shape index (κ1) is 13.9. The predicted octanol–water partition coefficient (Wildman–Crippen LogP) is 2.99. The number of anilines is 2. The van der Waals surface area contributed by atoms with E-state index in [0.29, 0.717) is 19.6 Å². The van der Waals surface area contributed by atoms with E-state index in [2.05, 4.69) is 31.5 Å². The second-order valence-corrected chi connectivity index (χ2v) is 5.67. The van der Waals surface area contributed by atoms with Crippen LogP contribution in [0.3, 0.4) is 0 Å². The molecular weight excluding hydrogens is 332 g/mol. The number of nitrogens with one attached hydrogen (secondary N) is 2. The first-order chi connectivity index (χ1) is 10.2. The summed E-state index contributed by atoms with van der Waals surface area (Å²) in [7, 11) is 0. The van der Waals surface area contributed by atoms with Gasteiger partial charge in [0, 0.05) is 35.1 Å². The van der Waals surface area contributed by atoms with Gasteiger partial charge in [0.25, 0.3) is 0 Å². The number of benzene rings is 1. The van der Waals surface area contributed by atoms with Crippen molar-refractivity contribution in [3.05, 3.63) is 52.8 Å². The largest absolute Gasteiger partial charge is 0.379 e. The Balaban J connectivity index is 1.68. The minimum atomic E-state index is -0.0401. The van der Waals surface area contributed by atoms with Gasteiger partial charge in [-0.1, -0.05) is 6.07 Å². The molecule has 1 saturated heterocycles. The second-order valence-electron chi connectivity index (χ2n) is 4.76. The molecule has 108 valence electrons. The molecule has 0 radical (unpaired) electrons. The van der Waals surface area contributed by atoms with Gasteiger partial charge >= 0.3 is 6.03 Å². The highest BCUT2D eigenvalue weighted by Gasteiger charge is 2.20. The van der Waals surface area contributed by atoms with Crippen LogP contribution < -0.4 is 15.5 Å². The maximum atomic E-state index is 11.7. The quantitative estimate of drug-likeness (QED) is 0.894. The third kappa shape index (κ3) is 3.33. The number of aromatic nitrogens is 1. The molecule has 3 rings (SSSR count). The molecular formula is C15H15BrN4O. The van der Waals surface area contributed by atoms with Gasteiger partial charge in [0.1, 0.15) is 0 Å². The van der Waals surface area contributed by atoms with Crippen LogP contribution in [0.1, 0.15) is 5.69 Å². The molecule has 2 heterocycles. The van der Waals surface area contributed by atoms with E-state index in [4.69, 9.17) is 0 Å². The lowest BCUT2D eigenvalue weighted by atomic mass is 10.2. The average Bonchev–Trinajstić information content (AvgIpc) is 2.93. The molecule has 2 aromatic rings. The molecule has 0 unspecified atom stereocenters. The molecule has 6 heteroatoms. The number of urea groups is 1. The van der Waals surface area contributed by atoms with Crippen molar-refractivity contribution in [2.75, 3.05) is 23.3 Å². The third-order valence-corrected chi connectivity index (χ3v) is 3.75. The first-order valence-corrected chi connectivity index (χ1v) is 7.51. The van der Waals surface area contributed by atoms with Crippen molar-refractivity contribution >= 4 is 33.3 Å². The highest BCUT2D eigenvalue weighted by Crippen LogP contribution is 2.21. The number of hydrogen-bond donors (Lipinski definition) is 2. The molecule has 2 amide bonds. The molecule has 0 atom stereocenters. The van der Waals surface area contributed by atoms with E-state index in [-0.39, 0.29) is 6.03 Å². The number of rotatable bonds is 4. The van der Waals surface area contributed by atoms with Crippen molar-refractivity contribution in [3.63, 3.8) is 0 Å². The topological polar surface area (TPSA) is 57.3 Å². The standard InChI is InChI=1S/C15H15BrN4O/c16-11-4-5-13(18-9-11)10-19-12-2-1-3-14(8-12)20-7-6-17-15(20)21/h1-5,8-9,19H,6-7,10H2,(H,17,21). The Morgan fingerprint density at radius 1 is 1.33 bits per heavy atom. The van der Waals surface area contributed by atoms with Crippen molar-refractivity contribution in [2.45, 2.75) is 6.54 Å². The molecule has 1 aliphatic rings. The van der Waals surface area contributed by atoms with Crippen molar-refractivity contribution in [3.8, 4) is 0 Å². The minimum absolute atomic E-state index is 0.0401. The summed E-state index contributed by atoms with van der Waals surface area (Å²) in [5, 5.41) is 6.13. The van der Waals surface area contributed by atoms with E-state index >= 15 is 0 Å². The normalized spacial score (nSPS) is 14.1. The lowest BCUT2D eigenvalue weighted by Gasteiger charge is -2.15. The van der Waals surface area contributed by atoms with Crippen LogP contribution in [-0.2, 0) is 6.54 Å². The third-order valence-electron chi connectivity index (χ3n) is 3.28. The molecule has 5 nitrogen and oxygen atoms in total. The van der Waals surface area contributed by atoms with Crippen molar-refractivity contribution in [2.24, 2.45) is 0 Å². The zero-order chi connectivity index (χ0) is 14.7. The van der Waals surface area contributed by atoms with Crippen molar-refractivity contribution in [1.82, 2.24) is 10.3 Å². The highest BCUT2D eigenvalue weighted by molar-refractivity contribution is 9.10. The summed E-state index contributed by atoms with van der Waals surface area (Å²) in [5.74, 6) is 0. The smallest absolute Gasteiger partial charge is 0.321 e. The molecule has 1 aromatic heterocycles.